The zero-order valence-electron chi connectivity index (χ0n) is 14.6. The standard InChI is InChI=1S/C20H25N3O2/c1-14-11-15-5-2-3-7-18(15)23(14)13-19-17(8-10-25-19)20(24)22-16-6-4-9-21-12-16/h2-3,5,7-8,10,14,16,21H,4,6,9,11-13H2,1H3,(H,22,24)/t14?,16-/m0/s1. The van der Waals surface area contributed by atoms with E-state index in [9.17, 15) is 4.79 Å². The highest BCUT2D eigenvalue weighted by atomic mass is 16.3. The van der Waals surface area contributed by atoms with E-state index in [0.29, 0.717) is 18.2 Å². The first kappa shape index (κ1) is 16.2. The van der Waals surface area contributed by atoms with Gasteiger partial charge in [-0.1, -0.05) is 18.2 Å². The number of para-hydroxylation sites is 1. The summed E-state index contributed by atoms with van der Waals surface area (Å²) in [5.74, 6) is 0.711. The van der Waals surface area contributed by atoms with Crippen molar-refractivity contribution in [2.24, 2.45) is 0 Å². The molecule has 0 aliphatic carbocycles. The van der Waals surface area contributed by atoms with Crippen molar-refractivity contribution in [1.29, 1.82) is 0 Å². The topological polar surface area (TPSA) is 57.5 Å². The van der Waals surface area contributed by atoms with Gasteiger partial charge < -0.3 is 20.0 Å². The van der Waals surface area contributed by atoms with Crippen molar-refractivity contribution in [3.8, 4) is 0 Å². The summed E-state index contributed by atoms with van der Waals surface area (Å²) in [6, 6.07) is 10.9. The second-order valence-corrected chi connectivity index (χ2v) is 7.08. The van der Waals surface area contributed by atoms with E-state index in [1.807, 2.05) is 0 Å². The maximum atomic E-state index is 12.7. The van der Waals surface area contributed by atoms with Crippen LogP contribution in [0, 0.1) is 0 Å². The summed E-state index contributed by atoms with van der Waals surface area (Å²) in [5.41, 5.74) is 3.26. The van der Waals surface area contributed by atoms with Crippen molar-refractivity contribution in [2.75, 3.05) is 18.0 Å². The molecular formula is C20H25N3O2. The quantitative estimate of drug-likeness (QED) is 0.899. The van der Waals surface area contributed by atoms with Crippen molar-refractivity contribution in [3.63, 3.8) is 0 Å². The molecule has 1 aromatic carbocycles. The summed E-state index contributed by atoms with van der Waals surface area (Å²) >= 11 is 0. The Bertz CT molecular complexity index is 749. The number of benzene rings is 1. The Morgan fingerprint density at radius 2 is 2.24 bits per heavy atom. The highest BCUT2D eigenvalue weighted by Crippen LogP contribution is 2.33. The van der Waals surface area contributed by atoms with Gasteiger partial charge in [0.1, 0.15) is 5.76 Å². The summed E-state index contributed by atoms with van der Waals surface area (Å²) in [6.07, 6.45) is 4.79. The van der Waals surface area contributed by atoms with Gasteiger partial charge in [0, 0.05) is 24.3 Å². The number of amides is 1. The maximum Gasteiger partial charge on any atom is 0.255 e. The number of anilines is 1. The van der Waals surface area contributed by atoms with Crippen LogP contribution in [-0.2, 0) is 13.0 Å². The fraction of sp³-hybridized carbons (Fsp3) is 0.450. The van der Waals surface area contributed by atoms with E-state index in [1.165, 1.54) is 11.3 Å². The molecule has 0 saturated carbocycles. The van der Waals surface area contributed by atoms with Crippen LogP contribution in [-0.4, -0.2) is 31.1 Å². The van der Waals surface area contributed by atoms with Crippen LogP contribution in [0.1, 0.15) is 41.4 Å². The van der Waals surface area contributed by atoms with Gasteiger partial charge in [0.2, 0.25) is 0 Å². The van der Waals surface area contributed by atoms with Gasteiger partial charge in [0.25, 0.3) is 5.91 Å². The molecule has 0 bridgehead atoms. The molecular weight excluding hydrogens is 314 g/mol. The van der Waals surface area contributed by atoms with Crippen molar-refractivity contribution in [3.05, 3.63) is 53.5 Å². The molecule has 2 atom stereocenters. The van der Waals surface area contributed by atoms with Crippen LogP contribution >= 0.6 is 0 Å². The van der Waals surface area contributed by atoms with Crippen LogP contribution in [0.4, 0.5) is 5.69 Å². The zero-order chi connectivity index (χ0) is 17.2. The van der Waals surface area contributed by atoms with Crippen LogP contribution in [0.2, 0.25) is 0 Å². The minimum absolute atomic E-state index is 0.0300. The van der Waals surface area contributed by atoms with Crippen molar-refractivity contribution >= 4 is 11.6 Å². The third kappa shape index (κ3) is 3.29. The van der Waals surface area contributed by atoms with Gasteiger partial charge in [-0.2, -0.15) is 0 Å². The Balaban J connectivity index is 1.49. The largest absolute Gasteiger partial charge is 0.467 e. The van der Waals surface area contributed by atoms with Gasteiger partial charge in [-0.25, -0.2) is 0 Å². The highest BCUT2D eigenvalue weighted by molar-refractivity contribution is 5.95. The third-order valence-electron chi connectivity index (χ3n) is 5.28. The molecule has 1 unspecified atom stereocenters. The van der Waals surface area contributed by atoms with E-state index in [4.69, 9.17) is 4.42 Å². The van der Waals surface area contributed by atoms with Crippen LogP contribution in [0.5, 0.6) is 0 Å². The molecule has 2 aliphatic rings. The molecule has 1 aromatic heterocycles. The summed E-state index contributed by atoms with van der Waals surface area (Å²) < 4.78 is 5.68. The first-order valence-corrected chi connectivity index (χ1v) is 9.15. The van der Waals surface area contributed by atoms with Gasteiger partial charge in [-0.05, 0) is 50.4 Å². The summed E-state index contributed by atoms with van der Waals surface area (Å²) in [6.45, 7) is 4.72. The molecule has 0 spiro atoms. The van der Waals surface area contributed by atoms with Crippen molar-refractivity contribution < 1.29 is 9.21 Å². The molecule has 1 fully saturated rings. The molecule has 132 valence electrons. The predicted octanol–water partition coefficient (Wildman–Crippen LogP) is 2.71. The number of nitrogens with one attached hydrogen (secondary N) is 2. The lowest BCUT2D eigenvalue weighted by Gasteiger charge is -2.25. The van der Waals surface area contributed by atoms with Crippen LogP contribution in [0.15, 0.2) is 41.0 Å². The average Bonchev–Trinajstić information content (AvgIpc) is 3.21. The van der Waals surface area contributed by atoms with E-state index in [1.54, 1.807) is 12.3 Å². The smallest absolute Gasteiger partial charge is 0.255 e. The number of fused-ring (bicyclic) bond motifs is 1. The maximum absolute atomic E-state index is 12.7. The Labute approximate surface area is 148 Å². The number of hydrogen-bond donors (Lipinski definition) is 2. The minimum atomic E-state index is -0.0300. The number of carbonyl (C=O) groups is 1. The second kappa shape index (κ2) is 6.92. The fourth-order valence-corrected chi connectivity index (χ4v) is 3.93. The Kier molecular flexibility index (Phi) is 4.49. The van der Waals surface area contributed by atoms with E-state index < -0.39 is 0 Å². The fourth-order valence-electron chi connectivity index (χ4n) is 3.93. The summed E-state index contributed by atoms with van der Waals surface area (Å²) in [5, 5.41) is 6.47. The molecule has 2 aromatic rings. The number of hydrogen-bond acceptors (Lipinski definition) is 4. The van der Waals surface area contributed by atoms with E-state index in [-0.39, 0.29) is 11.9 Å². The molecule has 1 amide bonds. The van der Waals surface area contributed by atoms with Crippen molar-refractivity contribution in [2.45, 2.75) is 44.8 Å². The molecule has 3 heterocycles. The van der Waals surface area contributed by atoms with Gasteiger partial charge >= 0.3 is 0 Å². The molecule has 2 aliphatic heterocycles. The summed E-state index contributed by atoms with van der Waals surface area (Å²) in [7, 11) is 0. The number of furan rings is 1. The number of piperidine rings is 1. The minimum Gasteiger partial charge on any atom is -0.467 e. The van der Waals surface area contributed by atoms with Crippen molar-refractivity contribution in [1.82, 2.24) is 10.6 Å². The lowest BCUT2D eigenvalue weighted by atomic mass is 10.1. The van der Waals surface area contributed by atoms with Gasteiger partial charge in [0.15, 0.2) is 0 Å². The van der Waals surface area contributed by atoms with Crippen LogP contribution in [0.3, 0.4) is 0 Å². The first-order valence-electron chi connectivity index (χ1n) is 9.15. The van der Waals surface area contributed by atoms with Gasteiger partial charge in [-0.15, -0.1) is 0 Å². The van der Waals surface area contributed by atoms with E-state index in [0.717, 1.165) is 38.1 Å². The second-order valence-electron chi connectivity index (χ2n) is 7.08. The molecule has 5 heteroatoms. The van der Waals surface area contributed by atoms with Crippen LogP contribution < -0.4 is 15.5 Å². The van der Waals surface area contributed by atoms with Gasteiger partial charge in [0.05, 0.1) is 18.4 Å². The number of rotatable bonds is 4. The molecule has 25 heavy (non-hydrogen) atoms. The van der Waals surface area contributed by atoms with E-state index in [2.05, 4.69) is 46.7 Å². The van der Waals surface area contributed by atoms with E-state index >= 15 is 0 Å². The zero-order valence-corrected chi connectivity index (χ0v) is 14.6. The third-order valence-corrected chi connectivity index (χ3v) is 5.28. The average molecular weight is 339 g/mol. The lowest BCUT2D eigenvalue weighted by Crippen LogP contribution is -2.45. The molecule has 0 radical (unpaired) electrons. The number of carbonyl (C=O) groups excluding carboxylic acids is 1. The number of nitrogens with zero attached hydrogens (tertiary/aromatic N) is 1. The molecule has 4 rings (SSSR count). The summed E-state index contributed by atoms with van der Waals surface area (Å²) in [4.78, 5) is 15.0. The van der Waals surface area contributed by atoms with Gasteiger partial charge in [-0.3, -0.25) is 4.79 Å². The Hall–Kier alpha value is -2.27. The predicted molar refractivity (Wildman–Crippen MR) is 97.9 cm³/mol. The SMILES string of the molecule is CC1Cc2ccccc2N1Cc1occc1C(=O)N[C@H]1CCCNC1. The Morgan fingerprint density at radius 1 is 1.36 bits per heavy atom. The molecule has 2 N–H and O–H groups in total. The monoisotopic (exact) mass is 339 g/mol. The first-order chi connectivity index (χ1) is 12.2. The Morgan fingerprint density at radius 3 is 3.08 bits per heavy atom. The molecule has 5 nitrogen and oxygen atoms in total. The normalized spacial score (nSPS) is 22.7. The van der Waals surface area contributed by atoms with Crippen LogP contribution in [0.25, 0.3) is 0 Å². The highest BCUT2D eigenvalue weighted by Gasteiger charge is 2.28. The molecule has 1 saturated heterocycles. The lowest BCUT2D eigenvalue weighted by molar-refractivity contribution is 0.0928.